The Morgan fingerprint density at radius 1 is 0.585 bits per heavy atom. The molecular weight excluding hydrogens is 813 g/mol. The molecule has 0 spiro atoms. The van der Waals surface area contributed by atoms with E-state index in [1.165, 1.54) is 16.7 Å². The minimum atomic E-state index is 0.0560. The Bertz CT molecular complexity index is 2830. The number of carbonyl (C=O) groups excluding carboxylic acids is 1. The fourth-order valence-electron chi connectivity index (χ4n) is 8.30. The van der Waals surface area contributed by atoms with Crippen LogP contribution in [0, 0.1) is 0 Å². The maximum atomic E-state index is 12.9. The molecule has 2 saturated heterocycles. The first kappa shape index (κ1) is 43.2. The largest absolute Gasteiger partial charge is 0.362 e. The van der Waals surface area contributed by atoms with Crippen molar-refractivity contribution in [1.82, 2.24) is 58.6 Å². The molecule has 6 heterocycles. The van der Waals surface area contributed by atoms with Gasteiger partial charge in [-0.05, 0) is 75.0 Å². The number of amides is 1. The fraction of sp³-hybridized carbons (Fsp3) is 0.300. The molecule has 0 aliphatic carbocycles. The molecule has 65 heavy (non-hydrogen) atoms. The number of nitrogens with zero attached hydrogens (tertiary/aromatic N) is 12. The summed E-state index contributed by atoms with van der Waals surface area (Å²) in [5.41, 5.74) is 8.00. The summed E-state index contributed by atoms with van der Waals surface area (Å²) in [7, 11) is 4.27. The third-order valence-electron chi connectivity index (χ3n) is 12.3. The number of fused-ring (bicyclic) bond motifs is 2. The summed E-state index contributed by atoms with van der Waals surface area (Å²) in [5.74, 6) is 2.91. The lowest BCUT2D eigenvalue weighted by Crippen LogP contribution is -2.47. The minimum absolute atomic E-state index is 0.0560. The van der Waals surface area contributed by atoms with E-state index in [0.717, 1.165) is 92.6 Å². The van der Waals surface area contributed by atoms with Crippen molar-refractivity contribution < 1.29 is 4.79 Å². The zero-order valence-electron chi connectivity index (χ0n) is 37.5. The fourth-order valence-corrected chi connectivity index (χ4v) is 8.30. The van der Waals surface area contributed by atoms with Gasteiger partial charge in [-0.15, -0.1) is 0 Å². The Labute approximate surface area is 379 Å². The van der Waals surface area contributed by atoms with Crippen LogP contribution >= 0.6 is 0 Å². The SMILES string of the molecule is C[C@H](Nc1cncc(-n2cnc3cc(C(=O)N4CCN(C)CC4)ccc32)n1)c1ccccc1.C[C@H](Nc1cncc(-n2cnc3cc(CN4CCN(C)CC4)ccc32)n1)c1ccccc1. The first-order valence-electron chi connectivity index (χ1n) is 22.3. The van der Waals surface area contributed by atoms with E-state index in [1.807, 2.05) is 75.0 Å². The average Bonchev–Trinajstić information content (AvgIpc) is 3.98. The van der Waals surface area contributed by atoms with Gasteiger partial charge in [0.2, 0.25) is 0 Å². The van der Waals surface area contributed by atoms with Crippen LogP contribution in [0.2, 0.25) is 0 Å². The molecule has 0 unspecified atom stereocenters. The molecule has 0 saturated carbocycles. The Balaban J connectivity index is 0.000000164. The Morgan fingerprint density at radius 3 is 1.62 bits per heavy atom. The van der Waals surface area contributed by atoms with Crippen molar-refractivity contribution in [2.24, 2.45) is 0 Å². The number of likely N-dealkylation sites (N-methyl/N-ethyl adjacent to an activating group) is 2. The number of rotatable bonds is 11. The van der Waals surface area contributed by atoms with E-state index in [4.69, 9.17) is 9.97 Å². The molecule has 4 aromatic carbocycles. The lowest BCUT2D eigenvalue weighted by atomic mass is 10.1. The molecule has 2 aliphatic heterocycles. The topological polar surface area (TPSA) is 141 Å². The van der Waals surface area contributed by atoms with Crippen LogP contribution in [0.15, 0.2) is 135 Å². The second-order valence-electron chi connectivity index (χ2n) is 17.0. The maximum absolute atomic E-state index is 12.9. The van der Waals surface area contributed by atoms with Gasteiger partial charge in [-0.2, -0.15) is 0 Å². The van der Waals surface area contributed by atoms with Crippen molar-refractivity contribution in [2.75, 3.05) is 77.1 Å². The van der Waals surface area contributed by atoms with Crippen molar-refractivity contribution in [2.45, 2.75) is 32.5 Å². The first-order valence-corrected chi connectivity index (χ1v) is 22.3. The van der Waals surface area contributed by atoms with E-state index in [-0.39, 0.29) is 18.0 Å². The molecule has 4 aromatic heterocycles. The highest BCUT2D eigenvalue weighted by Gasteiger charge is 2.22. The van der Waals surface area contributed by atoms with Gasteiger partial charge in [0.05, 0.1) is 46.9 Å². The quantitative estimate of drug-likeness (QED) is 0.137. The average molecular weight is 869 g/mol. The maximum Gasteiger partial charge on any atom is 0.254 e. The number of imidazole rings is 2. The predicted molar refractivity (Wildman–Crippen MR) is 256 cm³/mol. The van der Waals surface area contributed by atoms with Gasteiger partial charge in [-0.3, -0.25) is 28.8 Å². The van der Waals surface area contributed by atoms with E-state index in [9.17, 15) is 4.79 Å². The molecule has 332 valence electrons. The van der Waals surface area contributed by atoms with Crippen LogP contribution in [0.4, 0.5) is 11.6 Å². The van der Waals surface area contributed by atoms with E-state index in [0.29, 0.717) is 17.2 Å². The van der Waals surface area contributed by atoms with Crippen LogP contribution in [-0.4, -0.2) is 131 Å². The summed E-state index contributed by atoms with van der Waals surface area (Å²) in [6, 6.07) is 33.0. The number of piperazine rings is 2. The molecule has 0 radical (unpaired) electrons. The third-order valence-corrected chi connectivity index (χ3v) is 12.3. The smallest absolute Gasteiger partial charge is 0.254 e. The van der Waals surface area contributed by atoms with Gasteiger partial charge < -0.3 is 25.3 Å². The summed E-state index contributed by atoms with van der Waals surface area (Å²) in [5, 5.41) is 6.86. The van der Waals surface area contributed by atoms with Crippen LogP contribution in [0.3, 0.4) is 0 Å². The Morgan fingerprint density at radius 2 is 1.08 bits per heavy atom. The van der Waals surface area contributed by atoms with E-state index >= 15 is 0 Å². The van der Waals surface area contributed by atoms with Gasteiger partial charge in [-0.1, -0.05) is 66.7 Å². The van der Waals surface area contributed by atoms with Crippen molar-refractivity contribution in [3.63, 3.8) is 0 Å². The Hall–Kier alpha value is -7.07. The Kier molecular flexibility index (Phi) is 13.1. The second kappa shape index (κ2) is 19.8. The van der Waals surface area contributed by atoms with E-state index in [1.54, 1.807) is 31.1 Å². The molecule has 0 bridgehead atoms. The summed E-state index contributed by atoms with van der Waals surface area (Å²) in [4.78, 5) is 49.5. The zero-order valence-corrected chi connectivity index (χ0v) is 37.5. The number of anilines is 2. The highest BCUT2D eigenvalue weighted by atomic mass is 16.2. The van der Waals surface area contributed by atoms with Gasteiger partial charge in [0.1, 0.15) is 24.3 Å². The van der Waals surface area contributed by atoms with E-state index < -0.39 is 0 Å². The number of aromatic nitrogens is 8. The molecule has 15 heteroatoms. The van der Waals surface area contributed by atoms with Crippen LogP contribution < -0.4 is 10.6 Å². The van der Waals surface area contributed by atoms with Crippen molar-refractivity contribution >= 4 is 39.6 Å². The van der Waals surface area contributed by atoms with Gasteiger partial charge in [0.15, 0.2) is 11.6 Å². The summed E-state index contributed by atoms with van der Waals surface area (Å²) >= 11 is 0. The van der Waals surface area contributed by atoms with Crippen LogP contribution in [0.5, 0.6) is 0 Å². The van der Waals surface area contributed by atoms with Gasteiger partial charge in [0.25, 0.3) is 5.91 Å². The van der Waals surface area contributed by atoms with Gasteiger partial charge in [-0.25, -0.2) is 19.9 Å². The van der Waals surface area contributed by atoms with Crippen molar-refractivity contribution in [3.05, 3.63) is 157 Å². The molecule has 2 atom stereocenters. The second-order valence-corrected chi connectivity index (χ2v) is 17.0. The van der Waals surface area contributed by atoms with Gasteiger partial charge in [0, 0.05) is 76.5 Å². The number of hydrogen-bond donors (Lipinski definition) is 2. The lowest BCUT2D eigenvalue weighted by Gasteiger charge is -2.32. The standard InChI is InChI=1S/C25H27N7O.C25H29N7/c1-18(19-6-4-3-5-7-19)28-23-15-26-16-24(29-23)32-17-27-21-14-20(8-9-22(21)32)25(33)31-12-10-30(2)11-13-31;1-19(21-6-4-3-5-7-21)28-24-15-26-16-25(29-24)32-18-27-22-14-20(8-9-23(22)32)17-31-12-10-30(2)11-13-31/h3-9,14-18H,10-13H2,1-2H3,(H,28,29);3-9,14-16,18-19H,10-13,17H2,1-2H3,(H,28,29)/t18-;19-/m00/s1. The molecule has 2 fully saturated rings. The zero-order chi connectivity index (χ0) is 44.7. The van der Waals surface area contributed by atoms with Crippen LogP contribution in [0.1, 0.15) is 53.0 Å². The molecule has 10 rings (SSSR count). The number of nitrogens with one attached hydrogen (secondary N) is 2. The van der Waals surface area contributed by atoms with Crippen molar-refractivity contribution in [1.29, 1.82) is 0 Å². The summed E-state index contributed by atoms with van der Waals surface area (Å²) in [6.45, 7) is 13.0. The molecular formula is C50H56N14O. The molecule has 15 nitrogen and oxygen atoms in total. The van der Waals surface area contributed by atoms with Crippen molar-refractivity contribution in [3.8, 4) is 11.6 Å². The monoisotopic (exact) mass is 868 g/mol. The molecule has 1 amide bonds. The highest BCUT2D eigenvalue weighted by Crippen LogP contribution is 2.24. The number of hydrogen-bond acceptors (Lipinski definition) is 12. The lowest BCUT2D eigenvalue weighted by molar-refractivity contribution is 0.0664. The van der Waals surface area contributed by atoms with Gasteiger partial charge >= 0.3 is 0 Å². The van der Waals surface area contributed by atoms with Crippen LogP contribution in [-0.2, 0) is 6.54 Å². The molecule has 2 aliphatic rings. The minimum Gasteiger partial charge on any atom is -0.362 e. The van der Waals surface area contributed by atoms with Crippen LogP contribution in [0.25, 0.3) is 33.7 Å². The van der Waals surface area contributed by atoms with E-state index in [2.05, 4.69) is 116 Å². The molecule has 8 aromatic rings. The highest BCUT2D eigenvalue weighted by molar-refractivity contribution is 5.97. The molecule has 2 N–H and O–H groups in total. The number of carbonyl (C=O) groups is 1. The predicted octanol–water partition coefficient (Wildman–Crippen LogP) is 7.11. The summed E-state index contributed by atoms with van der Waals surface area (Å²) < 4.78 is 3.89. The number of benzene rings is 4. The normalized spacial score (nSPS) is 15.9. The first-order chi connectivity index (χ1) is 31.7. The third kappa shape index (κ3) is 10.3. The summed E-state index contributed by atoms with van der Waals surface area (Å²) in [6.07, 6.45) is 10.5.